The first kappa shape index (κ1) is 19.1. The van der Waals surface area contributed by atoms with Crippen molar-refractivity contribution in [3.05, 3.63) is 52.1 Å². The van der Waals surface area contributed by atoms with Crippen LogP contribution in [0, 0.1) is 5.82 Å². The molecule has 1 spiro atoms. The first-order chi connectivity index (χ1) is 13.4. The number of nitrogens with zero attached hydrogens (tertiary/aromatic N) is 4. The van der Waals surface area contributed by atoms with Crippen molar-refractivity contribution in [3.63, 3.8) is 0 Å². The number of likely N-dealkylation sites (tertiary alicyclic amines) is 1. The van der Waals surface area contributed by atoms with Crippen LogP contribution in [0.25, 0.3) is 0 Å². The third-order valence-corrected chi connectivity index (χ3v) is 6.05. The van der Waals surface area contributed by atoms with Gasteiger partial charge in [0.25, 0.3) is 0 Å². The summed E-state index contributed by atoms with van der Waals surface area (Å²) in [6.45, 7) is 1.39. The van der Waals surface area contributed by atoms with Crippen LogP contribution in [0.2, 0.25) is 5.02 Å². The van der Waals surface area contributed by atoms with Crippen LogP contribution < -0.4 is 4.90 Å². The summed E-state index contributed by atoms with van der Waals surface area (Å²) in [6, 6.07) is 4.29. The van der Waals surface area contributed by atoms with Crippen molar-refractivity contribution in [1.29, 1.82) is 0 Å². The molecule has 7 heteroatoms. The van der Waals surface area contributed by atoms with Crippen LogP contribution in [0.15, 0.2) is 24.4 Å². The second-order valence-corrected chi connectivity index (χ2v) is 8.53. The SMILES string of the molecule is CN(C)c1ncc2c(n1)C1(CCCN(C(=O)Cc3cc(F)cc(Cl)c3)C1)CC2. The molecule has 0 N–H and O–H groups in total. The summed E-state index contributed by atoms with van der Waals surface area (Å²) >= 11 is 5.93. The maximum atomic E-state index is 13.6. The van der Waals surface area contributed by atoms with E-state index in [0.29, 0.717) is 23.1 Å². The van der Waals surface area contributed by atoms with E-state index in [1.54, 1.807) is 6.07 Å². The number of fused-ring (bicyclic) bond motifs is 2. The number of anilines is 1. The highest BCUT2D eigenvalue weighted by Crippen LogP contribution is 2.44. The van der Waals surface area contributed by atoms with Crippen molar-refractivity contribution >= 4 is 23.5 Å². The molecule has 1 aliphatic carbocycles. The molecule has 0 radical (unpaired) electrons. The number of benzene rings is 1. The molecule has 5 nitrogen and oxygen atoms in total. The lowest BCUT2D eigenvalue weighted by Crippen LogP contribution is -2.48. The topological polar surface area (TPSA) is 49.3 Å². The minimum absolute atomic E-state index is 0.0103. The molecular formula is C21H24ClFN4O. The van der Waals surface area contributed by atoms with E-state index in [1.165, 1.54) is 17.7 Å². The number of amides is 1. The van der Waals surface area contributed by atoms with Gasteiger partial charge in [0.05, 0.1) is 12.1 Å². The van der Waals surface area contributed by atoms with Crippen molar-refractivity contribution in [3.8, 4) is 0 Å². The van der Waals surface area contributed by atoms with Crippen LogP contribution in [0.4, 0.5) is 10.3 Å². The van der Waals surface area contributed by atoms with Gasteiger partial charge < -0.3 is 9.80 Å². The Hall–Kier alpha value is -2.21. The molecule has 1 saturated heterocycles. The average Bonchev–Trinajstić information content (AvgIpc) is 2.98. The molecule has 1 unspecified atom stereocenters. The molecule has 2 aliphatic rings. The first-order valence-electron chi connectivity index (χ1n) is 9.63. The van der Waals surface area contributed by atoms with E-state index in [0.717, 1.165) is 37.9 Å². The van der Waals surface area contributed by atoms with Gasteiger partial charge in [0.15, 0.2) is 0 Å². The predicted molar refractivity (Wildman–Crippen MR) is 107 cm³/mol. The summed E-state index contributed by atoms with van der Waals surface area (Å²) in [5.74, 6) is 0.303. The highest BCUT2D eigenvalue weighted by molar-refractivity contribution is 6.30. The van der Waals surface area contributed by atoms with Crippen molar-refractivity contribution in [1.82, 2.24) is 14.9 Å². The fourth-order valence-electron chi connectivity index (χ4n) is 4.49. The van der Waals surface area contributed by atoms with E-state index in [9.17, 15) is 9.18 Å². The van der Waals surface area contributed by atoms with Crippen molar-refractivity contribution < 1.29 is 9.18 Å². The third kappa shape index (κ3) is 3.58. The van der Waals surface area contributed by atoms with Gasteiger partial charge in [0.2, 0.25) is 11.9 Å². The lowest BCUT2D eigenvalue weighted by Gasteiger charge is -2.40. The summed E-state index contributed by atoms with van der Waals surface area (Å²) in [7, 11) is 3.87. The van der Waals surface area contributed by atoms with E-state index in [2.05, 4.69) is 4.98 Å². The fourth-order valence-corrected chi connectivity index (χ4v) is 4.73. The molecule has 1 aromatic heterocycles. The zero-order chi connectivity index (χ0) is 19.9. The van der Waals surface area contributed by atoms with Crippen LogP contribution in [-0.4, -0.2) is 48.0 Å². The number of hydrogen-bond acceptors (Lipinski definition) is 4. The number of piperidine rings is 1. The van der Waals surface area contributed by atoms with Gasteiger partial charge in [-0.2, -0.15) is 0 Å². The maximum absolute atomic E-state index is 13.6. The molecule has 1 amide bonds. The highest BCUT2D eigenvalue weighted by atomic mass is 35.5. The van der Waals surface area contributed by atoms with E-state index >= 15 is 0 Å². The Bertz CT molecular complexity index is 895. The summed E-state index contributed by atoms with van der Waals surface area (Å²) in [6.07, 6.45) is 6.00. The van der Waals surface area contributed by atoms with E-state index in [-0.39, 0.29) is 17.7 Å². The number of carbonyl (C=O) groups is 1. The number of aryl methyl sites for hydroxylation is 1. The van der Waals surface area contributed by atoms with Crippen molar-refractivity contribution in [2.75, 3.05) is 32.1 Å². The molecule has 0 saturated carbocycles. The van der Waals surface area contributed by atoms with Gasteiger partial charge in [-0.3, -0.25) is 4.79 Å². The Morgan fingerprint density at radius 3 is 2.89 bits per heavy atom. The maximum Gasteiger partial charge on any atom is 0.227 e. The first-order valence-corrected chi connectivity index (χ1v) is 10.0. The molecule has 2 aromatic rings. The molecule has 28 heavy (non-hydrogen) atoms. The number of halogens is 2. The summed E-state index contributed by atoms with van der Waals surface area (Å²) in [5, 5.41) is 0.315. The zero-order valence-electron chi connectivity index (χ0n) is 16.2. The molecular weight excluding hydrogens is 379 g/mol. The Labute approximate surface area is 169 Å². The number of aromatic nitrogens is 2. The van der Waals surface area contributed by atoms with Crippen molar-refractivity contribution in [2.24, 2.45) is 0 Å². The Morgan fingerprint density at radius 1 is 1.32 bits per heavy atom. The van der Waals surface area contributed by atoms with E-state index in [4.69, 9.17) is 16.6 Å². The van der Waals surface area contributed by atoms with Gasteiger partial charge in [0.1, 0.15) is 5.82 Å². The monoisotopic (exact) mass is 402 g/mol. The molecule has 4 rings (SSSR count). The van der Waals surface area contributed by atoms with Crippen molar-refractivity contribution in [2.45, 2.75) is 37.5 Å². The molecule has 0 bridgehead atoms. The minimum Gasteiger partial charge on any atom is -0.347 e. The molecule has 2 heterocycles. The van der Waals surface area contributed by atoms with Gasteiger partial charge >= 0.3 is 0 Å². The van der Waals surface area contributed by atoms with E-state index in [1.807, 2.05) is 30.1 Å². The highest BCUT2D eigenvalue weighted by Gasteiger charge is 2.44. The minimum atomic E-state index is -0.414. The van der Waals surface area contributed by atoms with Crippen LogP contribution in [-0.2, 0) is 23.1 Å². The second kappa shape index (κ2) is 7.32. The smallest absolute Gasteiger partial charge is 0.227 e. The molecule has 1 aromatic carbocycles. The van der Waals surface area contributed by atoms with Gasteiger partial charge in [-0.15, -0.1) is 0 Å². The largest absolute Gasteiger partial charge is 0.347 e. The molecule has 148 valence electrons. The van der Waals surface area contributed by atoms with Gasteiger partial charge in [-0.05, 0) is 55.0 Å². The van der Waals surface area contributed by atoms with Gasteiger partial charge in [0, 0.05) is 43.8 Å². The fraction of sp³-hybridized carbons (Fsp3) is 0.476. The Balaban J connectivity index is 1.55. The summed E-state index contributed by atoms with van der Waals surface area (Å²) < 4.78 is 13.6. The number of carbonyl (C=O) groups excluding carboxylic acids is 1. The Morgan fingerprint density at radius 2 is 2.14 bits per heavy atom. The summed E-state index contributed by atoms with van der Waals surface area (Å²) in [4.78, 5) is 26.0. The van der Waals surface area contributed by atoms with Gasteiger partial charge in [-0.25, -0.2) is 14.4 Å². The van der Waals surface area contributed by atoms with Crippen LogP contribution in [0.5, 0.6) is 0 Å². The van der Waals surface area contributed by atoms with Crippen LogP contribution in [0.3, 0.4) is 0 Å². The average molecular weight is 403 g/mol. The lowest BCUT2D eigenvalue weighted by atomic mass is 9.77. The molecule has 1 fully saturated rings. The van der Waals surface area contributed by atoms with Crippen LogP contribution >= 0.6 is 11.6 Å². The zero-order valence-corrected chi connectivity index (χ0v) is 17.0. The number of rotatable bonds is 3. The summed E-state index contributed by atoms with van der Waals surface area (Å²) in [5.41, 5.74) is 2.80. The second-order valence-electron chi connectivity index (χ2n) is 8.09. The molecule has 1 atom stereocenters. The standard InChI is InChI=1S/C21H24ClFN4O/c1-26(2)20-24-12-15-4-6-21(19(15)25-20)5-3-7-27(13-21)18(28)10-14-8-16(22)11-17(23)9-14/h8-9,11-12H,3-7,10,13H2,1-2H3. The third-order valence-electron chi connectivity index (χ3n) is 5.83. The Kier molecular flexibility index (Phi) is 5.00. The van der Waals surface area contributed by atoms with E-state index < -0.39 is 5.82 Å². The number of hydrogen-bond donors (Lipinski definition) is 0. The molecule has 1 aliphatic heterocycles. The van der Waals surface area contributed by atoms with Crippen LogP contribution in [0.1, 0.15) is 36.1 Å². The normalized spacial score (nSPS) is 21.1. The van der Waals surface area contributed by atoms with Gasteiger partial charge in [-0.1, -0.05) is 11.6 Å². The lowest BCUT2D eigenvalue weighted by molar-refractivity contribution is -0.132. The quantitative estimate of drug-likeness (QED) is 0.789. The predicted octanol–water partition coefficient (Wildman–Crippen LogP) is 3.38.